The molecule has 0 N–H and O–H groups in total. The summed E-state index contributed by atoms with van der Waals surface area (Å²) in [5.41, 5.74) is 5.16. The van der Waals surface area contributed by atoms with Gasteiger partial charge < -0.3 is 0 Å². The lowest BCUT2D eigenvalue weighted by atomic mass is 9.78. The van der Waals surface area contributed by atoms with Crippen LogP contribution in [-0.2, 0) is 12.8 Å². The van der Waals surface area contributed by atoms with E-state index in [1.165, 1.54) is 80.9 Å². The van der Waals surface area contributed by atoms with Crippen LogP contribution in [0, 0.1) is 11.8 Å². The Hall–Kier alpha value is -1.63. The second kappa shape index (κ2) is 10.6. The molecule has 1 aromatic heterocycles. The zero-order valence-corrected chi connectivity index (χ0v) is 17.4. The van der Waals surface area contributed by atoms with Crippen molar-refractivity contribution in [1.29, 1.82) is 0 Å². The first-order chi connectivity index (χ1) is 13.3. The Labute approximate surface area is 166 Å². The van der Waals surface area contributed by atoms with Crippen molar-refractivity contribution in [3.05, 3.63) is 53.7 Å². The number of unbranched alkanes of at least 4 members (excludes halogenated alkanes) is 1. The van der Waals surface area contributed by atoms with Gasteiger partial charge in [-0.15, -0.1) is 0 Å². The number of benzene rings is 1. The highest BCUT2D eigenvalue weighted by molar-refractivity contribution is 5.59. The van der Waals surface area contributed by atoms with Gasteiger partial charge in [-0.2, -0.15) is 0 Å². The van der Waals surface area contributed by atoms with E-state index in [1.807, 2.05) is 6.20 Å². The number of hydrogen-bond acceptors (Lipinski definition) is 1. The van der Waals surface area contributed by atoms with Crippen LogP contribution in [-0.4, -0.2) is 4.98 Å². The molecule has 1 aliphatic rings. The number of pyridine rings is 1. The molecule has 146 valence electrons. The van der Waals surface area contributed by atoms with Crippen LogP contribution in [0.3, 0.4) is 0 Å². The normalized spacial score (nSPS) is 19.9. The van der Waals surface area contributed by atoms with Crippen LogP contribution in [0.4, 0.5) is 0 Å². The maximum absolute atomic E-state index is 4.67. The molecule has 1 saturated carbocycles. The topological polar surface area (TPSA) is 12.9 Å². The van der Waals surface area contributed by atoms with Crippen LogP contribution in [0.25, 0.3) is 11.3 Å². The lowest BCUT2D eigenvalue weighted by Crippen LogP contribution is -2.15. The molecule has 0 spiro atoms. The number of rotatable bonds is 9. The van der Waals surface area contributed by atoms with Crippen molar-refractivity contribution in [2.45, 2.75) is 84.5 Å². The SMILES string of the molecule is CCCCc1ccc(-c2ccc(CC[C@H]3CC[C@H](CCC)CC3)cc2)nc1. The maximum Gasteiger partial charge on any atom is 0.0702 e. The fourth-order valence-electron chi connectivity index (χ4n) is 4.55. The number of nitrogens with zero attached hydrogens (tertiary/aromatic N) is 1. The predicted octanol–water partition coefficient (Wildman–Crippen LogP) is 7.63. The Kier molecular flexibility index (Phi) is 7.93. The van der Waals surface area contributed by atoms with E-state index in [2.05, 4.69) is 55.2 Å². The summed E-state index contributed by atoms with van der Waals surface area (Å²) in [7, 11) is 0. The summed E-state index contributed by atoms with van der Waals surface area (Å²) in [6.07, 6.45) is 16.9. The first-order valence-electron chi connectivity index (χ1n) is 11.3. The average Bonchev–Trinajstić information content (AvgIpc) is 2.73. The molecule has 0 saturated heterocycles. The summed E-state index contributed by atoms with van der Waals surface area (Å²) in [5, 5.41) is 0. The van der Waals surface area contributed by atoms with Gasteiger partial charge in [0.25, 0.3) is 0 Å². The molecule has 1 aromatic carbocycles. The summed E-state index contributed by atoms with van der Waals surface area (Å²) in [4.78, 5) is 4.67. The summed E-state index contributed by atoms with van der Waals surface area (Å²) in [6.45, 7) is 4.56. The molecule has 27 heavy (non-hydrogen) atoms. The van der Waals surface area contributed by atoms with Crippen molar-refractivity contribution in [3.8, 4) is 11.3 Å². The molecule has 0 radical (unpaired) electrons. The molecule has 0 aliphatic heterocycles. The van der Waals surface area contributed by atoms with Crippen LogP contribution in [0.1, 0.15) is 82.8 Å². The Morgan fingerprint density at radius 2 is 1.41 bits per heavy atom. The number of aryl methyl sites for hydroxylation is 2. The van der Waals surface area contributed by atoms with Crippen molar-refractivity contribution in [1.82, 2.24) is 4.98 Å². The molecule has 2 aromatic rings. The van der Waals surface area contributed by atoms with Gasteiger partial charge in [0.05, 0.1) is 5.69 Å². The summed E-state index contributed by atoms with van der Waals surface area (Å²) >= 11 is 0. The molecular weight excluding hydrogens is 326 g/mol. The lowest BCUT2D eigenvalue weighted by Gasteiger charge is -2.28. The van der Waals surface area contributed by atoms with Gasteiger partial charge in [0, 0.05) is 11.8 Å². The average molecular weight is 364 g/mol. The van der Waals surface area contributed by atoms with Crippen LogP contribution >= 0.6 is 0 Å². The highest BCUT2D eigenvalue weighted by atomic mass is 14.7. The van der Waals surface area contributed by atoms with E-state index in [-0.39, 0.29) is 0 Å². The third-order valence-electron chi connectivity index (χ3n) is 6.40. The van der Waals surface area contributed by atoms with Crippen molar-refractivity contribution in [2.24, 2.45) is 11.8 Å². The highest BCUT2D eigenvalue weighted by Gasteiger charge is 2.20. The predicted molar refractivity (Wildman–Crippen MR) is 117 cm³/mol. The number of aromatic nitrogens is 1. The molecule has 1 aliphatic carbocycles. The van der Waals surface area contributed by atoms with Gasteiger partial charge >= 0.3 is 0 Å². The highest BCUT2D eigenvalue weighted by Crippen LogP contribution is 2.34. The van der Waals surface area contributed by atoms with Crippen LogP contribution in [0.15, 0.2) is 42.6 Å². The molecule has 1 heterocycles. The maximum atomic E-state index is 4.67. The van der Waals surface area contributed by atoms with Crippen molar-refractivity contribution in [3.63, 3.8) is 0 Å². The Balaban J connectivity index is 1.47. The fraction of sp³-hybridized carbons (Fsp3) is 0.577. The molecule has 0 atom stereocenters. The van der Waals surface area contributed by atoms with E-state index >= 15 is 0 Å². The van der Waals surface area contributed by atoms with Crippen molar-refractivity contribution in [2.75, 3.05) is 0 Å². The van der Waals surface area contributed by atoms with E-state index in [4.69, 9.17) is 0 Å². The zero-order chi connectivity index (χ0) is 18.9. The summed E-state index contributed by atoms with van der Waals surface area (Å²) < 4.78 is 0. The van der Waals surface area contributed by atoms with Crippen molar-refractivity contribution >= 4 is 0 Å². The van der Waals surface area contributed by atoms with Gasteiger partial charge in [0.1, 0.15) is 0 Å². The Morgan fingerprint density at radius 1 is 0.741 bits per heavy atom. The van der Waals surface area contributed by atoms with Crippen LogP contribution < -0.4 is 0 Å². The third-order valence-corrected chi connectivity index (χ3v) is 6.40. The minimum atomic E-state index is 0.954. The van der Waals surface area contributed by atoms with E-state index in [1.54, 1.807) is 0 Å². The third kappa shape index (κ3) is 6.19. The van der Waals surface area contributed by atoms with Crippen molar-refractivity contribution < 1.29 is 0 Å². The van der Waals surface area contributed by atoms with E-state index in [9.17, 15) is 0 Å². The minimum Gasteiger partial charge on any atom is -0.256 e. The molecule has 0 bridgehead atoms. The molecule has 0 unspecified atom stereocenters. The zero-order valence-electron chi connectivity index (χ0n) is 17.4. The van der Waals surface area contributed by atoms with E-state index in [0.717, 1.165) is 24.0 Å². The van der Waals surface area contributed by atoms with Gasteiger partial charge in [-0.1, -0.05) is 89.1 Å². The number of hydrogen-bond donors (Lipinski definition) is 0. The van der Waals surface area contributed by atoms with Gasteiger partial charge in [-0.05, 0) is 54.7 Å². The van der Waals surface area contributed by atoms with Gasteiger partial charge in [-0.3, -0.25) is 4.98 Å². The smallest absolute Gasteiger partial charge is 0.0702 e. The van der Waals surface area contributed by atoms with E-state index in [0.29, 0.717) is 0 Å². The van der Waals surface area contributed by atoms with Gasteiger partial charge in [0.2, 0.25) is 0 Å². The Bertz CT molecular complexity index is 648. The summed E-state index contributed by atoms with van der Waals surface area (Å²) in [5.74, 6) is 1.97. The summed E-state index contributed by atoms with van der Waals surface area (Å²) in [6, 6.07) is 13.5. The molecular formula is C26H37N. The minimum absolute atomic E-state index is 0.954. The largest absolute Gasteiger partial charge is 0.256 e. The fourth-order valence-corrected chi connectivity index (χ4v) is 4.55. The monoisotopic (exact) mass is 363 g/mol. The molecule has 1 heteroatoms. The second-order valence-electron chi connectivity index (χ2n) is 8.57. The van der Waals surface area contributed by atoms with Gasteiger partial charge in [0.15, 0.2) is 0 Å². The quantitative estimate of drug-likeness (QED) is 0.446. The molecule has 1 fully saturated rings. The lowest BCUT2D eigenvalue weighted by molar-refractivity contribution is 0.252. The van der Waals surface area contributed by atoms with E-state index < -0.39 is 0 Å². The first kappa shape index (κ1) is 20.1. The van der Waals surface area contributed by atoms with Crippen LogP contribution in [0.5, 0.6) is 0 Å². The molecule has 0 amide bonds. The van der Waals surface area contributed by atoms with Crippen LogP contribution in [0.2, 0.25) is 0 Å². The second-order valence-corrected chi connectivity index (χ2v) is 8.57. The first-order valence-corrected chi connectivity index (χ1v) is 11.3. The molecule has 1 nitrogen and oxygen atoms in total. The standard InChI is InChI=1S/C26H37N/c1-3-5-7-24-16-19-26(27-20-24)25-17-14-23(15-18-25)13-12-22-10-8-21(6-4-2)9-11-22/h14-22H,3-13H2,1-2H3/t21-,22-. The Morgan fingerprint density at radius 3 is 2.00 bits per heavy atom. The van der Waals surface area contributed by atoms with Gasteiger partial charge in [-0.25, -0.2) is 0 Å². The molecule has 3 rings (SSSR count).